The van der Waals surface area contributed by atoms with Crippen LogP contribution in [0, 0.1) is 0 Å². The van der Waals surface area contributed by atoms with E-state index in [0.717, 1.165) is 83.5 Å². The van der Waals surface area contributed by atoms with Crippen LogP contribution in [0.1, 0.15) is 155 Å². The maximum absolute atomic E-state index is 12.6. The molecule has 9 nitrogen and oxygen atoms in total. The van der Waals surface area contributed by atoms with Crippen molar-refractivity contribution in [2.45, 2.75) is 167 Å². The molecular weight excluding hydrogens is 646 g/mol. The number of carbonyl (C=O) groups is 3. The molecule has 0 saturated carbocycles. The molecule has 0 aliphatic heterocycles. The van der Waals surface area contributed by atoms with Gasteiger partial charge in [0.25, 0.3) is 0 Å². The third kappa shape index (κ3) is 35.7. The molecular formula is C42H75NO8. The summed E-state index contributed by atoms with van der Waals surface area (Å²) in [5.41, 5.74) is 0. The first-order chi connectivity index (χ1) is 24.6. The molecule has 0 saturated heterocycles. The number of hydrogen-bond donors (Lipinski definition) is 0. The Kier molecular flexibility index (Phi) is 32.9. The van der Waals surface area contributed by atoms with Crippen LogP contribution < -0.4 is 5.11 Å². The molecule has 0 rings (SSSR count). The van der Waals surface area contributed by atoms with E-state index < -0.39 is 24.3 Å². The summed E-state index contributed by atoms with van der Waals surface area (Å²) in [6, 6.07) is 0. The third-order valence-electron chi connectivity index (χ3n) is 8.39. The third-order valence-corrected chi connectivity index (χ3v) is 8.39. The fourth-order valence-corrected chi connectivity index (χ4v) is 5.19. The smallest absolute Gasteiger partial charge is 0.306 e. The Hall–Kier alpha value is -2.49. The topological polar surface area (TPSA) is 111 Å². The number of unbranched alkanes of at least 4 members (excludes halogenated alkanes) is 15. The van der Waals surface area contributed by atoms with Crippen LogP contribution in [-0.2, 0) is 33.3 Å². The molecule has 0 radical (unpaired) electrons. The maximum atomic E-state index is 12.6. The van der Waals surface area contributed by atoms with Crippen LogP contribution in [0.5, 0.6) is 0 Å². The Balaban J connectivity index is 4.33. The van der Waals surface area contributed by atoms with Gasteiger partial charge in [-0.05, 0) is 51.4 Å². The number of quaternary nitrogens is 1. The number of esters is 2. The van der Waals surface area contributed by atoms with Crippen LogP contribution in [0.3, 0.4) is 0 Å². The Bertz CT molecular complexity index is 940. The second-order valence-corrected chi connectivity index (χ2v) is 14.6. The Morgan fingerprint density at radius 1 is 0.588 bits per heavy atom. The zero-order valence-electron chi connectivity index (χ0n) is 33.2. The van der Waals surface area contributed by atoms with Gasteiger partial charge in [0.2, 0.25) is 0 Å². The Labute approximate surface area is 311 Å². The van der Waals surface area contributed by atoms with Gasteiger partial charge in [-0.15, -0.1) is 0 Å². The van der Waals surface area contributed by atoms with Crippen molar-refractivity contribution in [1.29, 1.82) is 0 Å². The zero-order valence-corrected chi connectivity index (χ0v) is 33.2. The maximum Gasteiger partial charge on any atom is 0.306 e. The average molecular weight is 722 g/mol. The standard InChI is InChI=1S/C42H75NO8/c1-6-8-10-12-13-14-15-16-17-18-19-20-21-22-23-24-25-26-27-29-31-33-40(45)51-38(36-49-39(44)32-30-28-11-9-7-2)37-50-42(41(46)47)48-35-34-43(3,4)5/h15-16,18-19,21-22,38,42H,6-14,17,20,23-37H2,1-5H3/b16-15-,19-18-,22-21-. The van der Waals surface area contributed by atoms with Gasteiger partial charge in [0.05, 0.1) is 40.3 Å². The molecule has 0 aromatic rings. The van der Waals surface area contributed by atoms with E-state index in [4.69, 9.17) is 18.9 Å². The minimum atomic E-state index is -1.62. The van der Waals surface area contributed by atoms with Crippen molar-refractivity contribution in [3.8, 4) is 0 Å². The monoisotopic (exact) mass is 722 g/mol. The number of carboxylic acids is 1. The fraction of sp³-hybridized carbons (Fsp3) is 0.786. The van der Waals surface area contributed by atoms with E-state index in [0.29, 0.717) is 17.4 Å². The molecule has 2 atom stereocenters. The summed E-state index contributed by atoms with van der Waals surface area (Å²) in [6.07, 6.45) is 33.6. The quantitative estimate of drug-likeness (QED) is 0.0208. The molecule has 0 aromatic carbocycles. The van der Waals surface area contributed by atoms with Crippen LogP contribution in [-0.4, -0.2) is 82.3 Å². The lowest BCUT2D eigenvalue weighted by atomic mass is 10.1. The van der Waals surface area contributed by atoms with Crippen LogP contribution >= 0.6 is 0 Å². The summed E-state index contributed by atoms with van der Waals surface area (Å²) in [5.74, 6) is -2.32. The number of hydrogen-bond acceptors (Lipinski definition) is 8. The highest BCUT2D eigenvalue weighted by molar-refractivity contribution is 5.70. The predicted octanol–water partition coefficient (Wildman–Crippen LogP) is 8.55. The van der Waals surface area contributed by atoms with E-state index in [1.165, 1.54) is 38.5 Å². The van der Waals surface area contributed by atoms with Crippen molar-refractivity contribution >= 4 is 17.9 Å². The highest BCUT2D eigenvalue weighted by atomic mass is 16.7. The van der Waals surface area contributed by atoms with Crippen molar-refractivity contribution in [3.63, 3.8) is 0 Å². The van der Waals surface area contributed by atoms with Gasteiger partial charge in [0, 0.05) is 12.8 Å². The first kappa shape index (κ1) is 48.5. The molecule has 0 aromatic heterocycles. The zero-order chi connectivity index (χ0) is 37.8. The number of carboxylic acid groups (broad SMARTS) is 1. The van der Waals surface area contributed by atoms with Gasteiger partial charge in [0.1, 0.15) is 13.2 Å². The highest BCUT2D eigenvalue weighted by Crippen LogP contribution is 2.12. The molecule has 2 unspecified atom stereocenters. The molecule has 9 heteroatoms. The van der Waals surface area contributed by atoms with Crippen molar-refractivity contribution in [2.24, 2.45) is 0 Å². The molecule has 296 valence electrons. The molecule has 51 heavy (non-hydrogen) atoms. The van der Waals surface area contributed by atoms with Crippen LogP contribution in [0.2, 0.25) is 0 Å². The first-order valence-electron chi connectivity index (χ1n) is 20.1. The van der Waals surface area contributed by atoms with Gasteiger partial charge in [0.15, 0.2) is 12.4 Å². The largest absolute Gasteiger partial charge is 0.545 e. The molecule has 0 bridgehead atoms. The average Bonchev–Trinajstić information content (AvgIpc) is 3.08. The highest BCUT2D eigenvalue weighted by Gasteiger charge is 2.21. The summed E-state index contributed by atoms with van der Waals surface area (Å²) >= 11 is 0. The molecule has 0 aliphatic carbocycles. The molecule has 0 N–H and O–H groups in total. The van der Waals surface area contributed by atoms with E-state index in [2.05, 4.69) is 50.3 Å². The van der Waals surface area contributed by atoms with Crippen molar-refractivity contribution < 1.29 is 42.9 Å². The number of aliphatic carboxylic acids is 1. The van der Waals surface area contributed by atoms with Gasteiger partial charge in [-0.2, -0.15) is 0 Å². The van der Waals surface area contributed by atoms with Crippen molar-refractivity contribution in [1.82, 2.24) is 0 Å². The fourth-order valence-electron chi connectivity index (χ4n) is 5.19. The number of nitrogens with zero attached hydrogens (tertiary/aromatic N) is 1. The number of allylic oxidation sites excluding steroid dienone is 6. The summed E-state index contributed by atoms with van der Waals surface area (Å²) < 4.78 is 22.3. The lowest BCUT2D eigenvalue weighted by Gasteiger charge is -2.26. The number of carbonyl (C=O) groups excluding carboxylic acids is 3. The van der Waals surface area contributed by atoms with Gasteiger partial charge in [-0.25, -0.2) is 0 Å². The summed E-state index contributed by atoms with van der Waals surface area (Å²) in [5, 5.41) is 11.6. The minimum Gasteiger partial charge on any atom is -0.545 e. The van der Waals surface area contributed by atoms with E-state index in [1.807, 2.05) is 21.1 Å². The second kappa shape index (κ2) is 34.6. The number of ether oxygens (including phenoxy) is 4. The molecule has 0 spiro atoms. The lowest BCUT2D eigenvalue weighted by molar-refractivity contribution is -0.870. The van der Waals surface area contributed by atoms with Gasteiger partial charge < -0.3 is 33.3 Å². The molecule has 0 amide bonds. The van der Waals surface area contributed by atoms with Crippen LogP contribution in [0.4, 0.5) is 0 Å². The Morgan fingerprint density at radius 3 is 1.57 bits per heavy atom. The Morgan fingerprint density at radius 2 is 1.06 bits per heavy atom. The second-order valence-electron chi connectivity index (χ2n) is 14.6. The van der Waals surface area contributed by atoms with Crippen molar-refractivity contribution in [3.05, 3.63) is 36.5 Å². The molecule has 0 fully saturated rings. The summed E-state index contributed by atoms with van der Waals surface area (Å²) in [4.78, 5) is 36.5. The van der Waals surface area contributed by atoms with Crippen LogP contribution in [0.15, 0.2) is 36.5 Å². The normalized spacial score (nSPS) is 13.4. The first-order valence-corrected chi connectivity index (χ1v) is 20.1. The lowest BCUT2D eigenvalue weighted by Crippen LogP contribution is -2.44. The van der Waals surface area contributed by atoms with Crippen LogP contribution in [0.25, 0.3) is 0 Å². The van der Waals surface area contributed by atoms with Crippen molar-refractivity contribution in [2.75, 3.05) is 47.5 Å². The summed E-state index contributed by atoms with van der Waals surface area (Å²) in [6.45, 7) is 4.59. The molecule has 0 heterocycles. The van der Waals surface area contributed by atoms with E-state index >= 15 is 0 Å². The number of likely N-dealkylation sites (N-methyl/N-ethyl adjacent to an activating group) is 1. The molecule has 0 aliphatic rings. The predicted molar refractivity (Wildman–Crippen MR) is 205 cm³/mol. The van der Waals surface area contributed by atoms with E-state index in [9.17, 15) is 19.5 Å². The minimum absolute atomic E-state index is 0.144. The van der Waals surface area contributed by atoms with E-state index in [-0.39, 0.29) is 38.6 Å². The van der Waals surface area contributed by atoms with Gasteiger partial charge in [-0.1, -0.05) is 127 Å². The number of rotatable bonds is 36. The van der Waals surface area contributed by atoms with Gasteiger partial charge >= 0.3 is 11.9 Å². The van der Waals surface area contributed by atoms with E-state index in [1.54, 1.807) is 0 Å². The SMILES string of the molecule is CCCCCCC/C=C\C/C=C\C/C=C\CCCCCCCCC(=O)OC(COC(=O)CCCCCCC)COC(OCC[N+](C)(C)C)C(=O)[O-]. The van der Waals surface area contributed by atoms with Gasteiger partial charge in [-0.3, -0.25) is 9.59 Å². The summed E-state index contributed by atoms with van der Waals surface area (Å²) in [7, 11) is 5.88.